The Balaban J connectivity index is 1.16. The topological polar surface area (TPSA) is 0 Å². The molecule has 8 bridgehead atoms. The van der Waals surface area contributed by atoms with Crippen LogP contribution in [0.5, 0.6) is 0 Å². The molecule has 0 atom stereocenters. The van der Waals surface area contributed by atoms with Crippen LogP contribution in [0.2, 0.25) is 0 Å². The van der Waals surface area contributed by atoms with Gasteiger partial charge >= 0.3 is 0 Å². The molecule has 0 aromatic heterocycles. The largest absolute Gasteiger partial charge is 0.0822 e. The molecule has 0 aromatic rings. The lowest BCUT2D eigenvalue weighted by Crippen LogP contribution is -2.45. The highest BCUT2D eigenvalue weighted by molar-refractivity contribution is 5.39. The monoisotopic (exact) mass is 342 g/mol. The average molecular weight is 343 g/mol. The summed E-state index contributed by atoms with van der Waals surface area (Å²) in [6, 6.07) is 0. The van der Waals surface area contributed by atoms with Crippen LogP contribution in [-0.2, 0) is 0 Å². The second kappa shape index (κ2) is 5.59. The SMILES string of the molecule is C(#CC#CC12CC3CC(CC(C3)C1)C2)C#CC12CC3CC(CC(C3)C1)C2. The predicted octanol–water partition coefficient (Wildman–Crippen LogP) is 5.43. The van der Waals surface area contributed by atoms with Gasteiger partial charge in [0.2, 0.25) is 0 Å². The van der Waals surface area contributed by atoms with Gasteiger partial charge in [0.1, 0.15) is 0 Å². The highest BCUT2D eigenvalue weighted by Gasteiger charge is 2.51. The van der Waals surface area contributed by atoms with E-state index in [1.165, 1.54) is 77.0 Å². The van der Waals surface area contributed by atoms with Crippen LogP contribution in [0, 0.1) is 81.9 Å². The molecule has 0 heteroatoms. The van der Waals surface area contributed by atoms with Crippen LogP contribution in [0.1, 0.15) is 77.0 Å². The van der Waals surface area contributed by atoms with E-state index in [2.05, 4.69) is 35.5 Å². The summed E-state index contributed by atoms with van der Waals surface area (Å²) in [5.74, 6) is 25.8. The minimum absolute atomic E-state index is 0.330. The van der Waals surface area contributed by atoms with E-state index in [0.29, 0.717) is 10.8 Å². The van der Waals surface area contributed by atoms with Gasteiger partial charge in [0.15, 0.2) is 0 Å². The van der Waals surface area contributed by atoms with Gasteiger partial charge in [0, 0.05) is 10.8 Å². The third-order valence-electron chi connectivity index (χ3n) is 8.92. The van der Waals surface area contributed by atoms with Crippen LogP contribution >= 0.6 is 0 Å². The lowest BCUT2D eigenvalue weighted by molar-refractivity contribution is -0.0182. The van der Waals surface area contributed by atoms with Crippen molar-refractivity contribution in [2.45, 2.75) is 77.0 Å². The Hall–Kier alpha value is -1.32. The smallest absolute Gasteiger partial charge is 0.0332 e. The van der Waals surface area contributed by atoms with E-state index in [1.54, 1.807) is 0 Å². The molecule has 8 aliphatic carbocycles. The Morgan fingerprint density at radius 2 is 0.654 bits per heavy atom. The summed E-state index contributed by atoms with van der Waals surface area (Å²) in [6.45, 7) is 0. The van der Waals surface area contributed by atoms with Crippen molar-refractivity contribution in [1.29, 1.82) is 0 Å². The van der Waals surface area contributed by atoms with Crippen molar-refractivity contribution in [3.63, 3.8) is 0 Å². The van der Waals surface area contributed by atoms with Gasteiger partial charge in [-0.1, -0.05) is 11.8 Å². The first-order valence-corrected chi connectivity index (χ1v) is 11.2. The van der Waals surface area contributed by atoms with Gasteiger partial charge in [-0.2, -0.15) is 0 Å². The molecule has 0 aliphatic heterocycles. The van der Waals surface area contributed by atoms with E-state index < -0.39 is 0 Å². The molecule has 0 radical (unpaired) electrons. The molecule has 134 valence electrons. The molecule has 0 N–H and O–H groups in total. The molecular formula is C26H30. The predicted molar refractivity (Wildman–Crippen MR) is 105 cm³/mol. The van der Waals surface area contributed by atoms with Crippen LogP contribution in [0.4, 0.5) is 0 Å². The van der Waals surface area contributed by atoms with E-state index in [4.69, 9.17) is 0 Å². The van der Waals surface area contributed by atoms with Gasteiger partial charge in [-0.05, 0) is 136 Å². The number of hydrogen-bond donors (Lipinski definition) is 0. The molecule has 0 aromatic carbocycles. The summed E-state index contributed by atoms with van der Waals surface area (Å²) in [4.78, 5) is 0. The van der Waals surface area contributed by atoms with Crippen molar-refractivity contribution >= 4 is 0 Å². The molecule has 8 fully saturated rings. The van der Waals surface area contributed by atoms with E-state index >= 15 is 0 Å². The van der Waals surface area contributed by atoms with Gasteiger partial charge in [-0.25, -0.2) is 0 Å². The van der Waals surface area contributed by atoms with Crippen molar-refractivity contribution < 1.29 is 0 Å². The van der Waals surface area contributed by atoms with Crippen LogP contribution in [-0.4, -0.2) is 0 Å². The Kier molecular flexibility index (Phi) is 3.38. The number of hydrogen-bond acceptors (Lipinski definition) is 0. The third kappa shape index (κ3) is 2.63. The van der Waals surface area contributed by atoms with Gasteiger partial charge < -0.3 is 0 Å². The van der Waals surface area contributed by atoms with Gasteiger partial charge in [-0.3, -0.25) is 0 Å². The van der Waals surface area contributed by atoms with Gasteiger partial charge in [0.25, 0.3) is 0 Å². The Morgan fingerprint density at radius 3 is 0.923 bits per heavy atom. The fourth-order valence-corrected chi connectivity index (χ4v) is 8.92. The van der Waals surface area contributed by atoms with Crippen LogP contribution in [0.15, 0.2) is 0 Å². The highest BCUT2D eigenvalue weighted by Crippen LogP contribution is 2.60. The second-order valence-corrected chi connectivity index (χ2v) is 11.1. The molecule has 0 amide bonds. The first-order chi connectivity index (χ1) is 12.7. The number of rotatable bonds is 0. The second-order valence-electron chi connectivity index (χ2n) is 11.1. The Morgan fingerprint density at radius 1 is 0.385 bits per heavy atom. The molecule has 0 unspecified atom stereocenters. The maximum Gasteiger partial charge on any atom is 0.0332 e. The molecular weight excluding hydrogens is 312 g/mol. The molecule has 26 heavy (non-hydrogen) atoms. The Labute approximate surface area is 159 Å². The highest BCUT2D eigenvalue weighted by atomic mass is 14.5. The first kappa shape index (κ1) is 15.7. The van der Waals surface area contributed by atoms with E-state index in [9.17, 15) is 0 Å². The third-order valence-corrected chi connectivity index (χ3v) is 8.92. The lowest BCUT2D eigenvalue weighted by Gasteiger charge is -2.54. The van der Waals surface area contributed by atoms with Gasteiger partial charge in [0.05, 0.1) is 0 Å². The summed E-state index contributed by atoms with van der Waals surface area (Å²) in [7, 11) is 0. The minimum Gasteiger partial charge on any atom is -0.0822 e. The van der Waals surface area contributed by atoms with Crippen LogP contribution in [0.25, 0.3) is 0 Å². The molecule has 8 rings (SSSR count). The lowest BCUT2D eigenvalue weighted by atomic mass is 9.50. The van der Waals surface area contributed by atoms with Crippen LogP contribution in [0.3, 0.4) is 0 Å². The van der Waals surface area contributed by atoms with E-state index in [-0.39, 0.29) is 0 Å². The van der Waals surface area contributed by atoms with Crippen LogP contribution < -0.4 is 0 Å². The zero-order valence-corrected chi connectivity index (χ0v) is 15.9. The molecule has 0 nitrogen and oxygen atoms in total. The van der Waals surface area contributed by atoms with Crippen molar-refractivity contribution in [3.8, 4) is 35.5 Å². The molecule has 0 saturated heterocycles. The first-order valence-electron chi connectivity index (χ1n) is 11.2. The Bertz CT molecular complexity index is 656. The normalized spacial score (nSPS) is 51.7. The minimum atomic E-state index is 0.330. The fraction of sp³-hybridized carbons (Fsp3) is 0.769. The quantitative estimate of drug-likeness (QED) is 0.515. The zero-order valence-electron chi connectivity index (χ0n) is 15.9. The maximum absolute atomic E-state index is 3.63. The fourth-order valence-electron chi connectivity index (χ4n) is 8.92. The summed E-state index contributed by atoms with van der Waals surface area (Å²) < 4.78 is 0. The average Bonchev–Trinajstić information content (AvgIpc) is 2.55. The van der Waals surface area contributed by atoms with Crippen molar-refractivity contribution in [1.82, 2.24) is 0 Å². The van der Waals surface area contributed by atoms with Gasteiger partial charge in [-0.15, -0.1) is 0 Å². The van der Waals surface area contributed by atoms with Crippen molar-refractivity contribution in [3.05, 3.63) is 0 Å². The standard InChI is InChI=1S/C26H30/c1(3-5-25-13-19-7-20(14-25)9-21(8-19)15-25)2-4-6-26-16-22-10-23(17-26)12-24(11-22)18-26/h19-24H,7-18H2. The molecule has 0 heterocycles. The zero-order chi connectivity index (χ0) is 17.2. The van der Waals surface area contributed by atoms with Crippen molar-refractivity contribution in [2.24, 2.45) is 46.3 Å². The summed E-state index contributed by atoms with van der Waals surface area (Å²) in [6.07, 6.45) is 17.1. The molecule has 8 saturated carbocycles. The van der Waals surface area contributed by atoms with Crippen molar-refractivity contribution in [2.75, 3.05) is 0 Å². The molecule has 0 spiro atoms. The maximum atomic E-state index is 3.63. The summed E-state index contributed by atoms with van der Waals surface area (Å²) in [5, 5.41) is 0. The summed E-state index contributed by atoms with van der Waals surface area (Å²) >= 11 is 0. The molecule has 8 aliphatic rings. The van der Waals surface area contributed by atoms with E-state index in [1.807, 2.05) is 0 Å². The van der Waals surface area contributed by atoms with E-state index in [0.717, 1.165) is 35.5 Å². The summed E-state index contributed by atoms with van der Waals surface area (Å²) in [5.41, 5.74) is 0.660.